The molecule has 0 aromatic heterocycles. The summed E-state index contributed by atoms with van der Waals surface area (Å²) in [5, 5.41) is 12.2. The van der Waals surface area contributed by atoms with Crippen molar-refractivity contribution in [2.45, 2.75) is 37.6 Å². The smallest absolute Gasteiger partial charge is 0.344 e. The standard InChI is InChI=1S/C24H24N2O8/c1-32-17-10-8-14-19(20(17)33-2)24(31)34-22(14)26-16(9-11-18(26)27)21(28)25-15(23(29)30)12-13-6-4-3-5-7-13/h3-8,10,15-16,22H,9,11-12H2,1-2H3,(H,25,28)(H,29,30)/t15-,16-,22?/m0/s1. The molecule has 0 radical (unpaired) electrons. The average Bonchev–Trinajstić information content (AvgIpc) is 3.37. The van der Waals surface area contributed by atoms with Gasteiger partial charge in [0.15, 0.2) is 11.5 Å². The van der Waals surface area contributed by atoms with Gasteiger partial charge in [0.1, 0.15) is 17.6 Å². The molecule has 2 amide bonds. The number of benzene rings is 2. The van der Waals surface area contributed by atoms with Crippen molar-refractivity contribution in [3.63, 3.8) is 0 Å². The summed E-state index contributed by atoms with van der Waals surface area (Å²) >= 11 is 0. The van der Waals surface area contributed by atoms with Crippen molar-refractivity contribution < 1.29 is 38.5 Å². The summed E-state index contributed by atoms with van der Waals surface area (Å²) in [6.07, 6.45) is -0.823. The molecule has 0 spiro atoms. The third-order valence-corrected chi connectivity index (χ3v) is 5.97. The second-order valence-corrected chi connectivity index (χ2v) is 7.97. The predicted molar refractivity (Wildman–Crippen MR) is 117 cm³/mol. The normalized spacial score (nSPS) is 19.9. The van der Waals surface area contributed by atoms with Crippen LogP contribution in [0.3, 0.4) is 0 Å². The van der Waals surface area contributed by atoms with Crippen molar-refractivity contribution in [3.05, 3.63) is 59.2 Å². The Kier molecular flexibility index (Phi) is 6.40. The van der Waals surface area contributed by atoms with Gasteiger partial charge in [0.2, 0.25) is 18.0 Å². The van der Waals surface area contributed by atoms with E-state index >= 15 is 0 Å². The highest BCUT2D eigenvalue weighted by atomic mass is 16.6. The maximum Gasteiger partial charge on any atom is 0.344 e. The number of ether oxygens (including phenoxy) is 3. The number of carboxylic acid groups (broad SMARTS) is 1. The number of fused-ring (bicyclic) bond motifs is 1. The Morgan fingerprint density at radius 3 is 2.53 bits per heavy atom. The minimum absolute atomic E-state index is 0.0607. The first-order valence-electron chi connectivity index (χ1n) is 10.7. The lowest BCUT2D eigenvalue weighted by molar-refractivity contribution is -0.147. The minimum Gasteiger partial charge on any atom is -0.493 e. The van der Waals surface area contributed by atoms with Crippen LogP contribution in [-0.4, -0.2) is 60.1 Å². The van der Waals surface area contributed by atoms with Gasteiger partial charge in [0.25, 0.3) is 0 Å². The van der Waals surface area contributed by atoms with Gasteiger partial charge in [-0.25, -0.2) is 9.59 Å². The van der Waals surface area contributed by atoms with Crippen LogP contribution >= 0.6 is 0 Å². The molecule has 2 N–H and O–H groups in total. The van der Waals surface area contributed by atoms with E-state index in [1.165, 1.54) is 19.1 Å². The summed E-state index contributed by atoms with van der Waals surface area (Å²) in [4.78, 5) is 51.6. The SMILES string of the molecule is COc1ccc2c(c1OC)C(=O)OC2N1C(=O)CC[C@H]1C(=O)N[C@@H](Cc1ccccc1)C(=O)O. The van der Waals surface area contributed by atoms with Gasteiger partial charge >= 0.3 is 11.9 Å². The molecule has 4 rings (SSSR count). The summed E-state index contributed by atoms with van der Waals surface area (Å²) in [6, 6.07) is 9.90. The molecule has 178 valence electrons. The summed E-state index contributed by atoms with van der Waals surface area (Å²) < 4.78 is 16.0. The monoisotopic (exact) mass is 468 g/mol. The molecule has 0 aliphatic carbocycles. The van der Waals surface area contributed by atoms with Gasteiger partial charge in [-0.3, -0.25) is 14.5 Å². The highest BCUT2D eigenvalue weighted by Crippen LogP contribution is 2.45. The second-order valence-electron chi connectivity index (χ2n) is 7.97. The van der Waals surface area contributed by atoms with Gasteiger partial charge in [-0.15, -0.1) is 0 Å². The van der Waals surface area contributed by atoms with E-state index in [2.05, 4.69) is 5.32 Å². The van der Waals surface area contributed by atoms with E-state index in [-0.39, 0.29) is 36.5 Å². The lowest BCUT2D eigenvalue weighted by Gasteiger charge is -2.30. The molecule has 10 nitrogen and oxygen atoms in total. The molecule has 2 aromatic carbocycles. The topological polar surface area (TPSA) is 131 Å². The van der Waals surface area contributed by atoms with Crippen molar-refractivity contribution in [1.29, 1.82) is 0 Å². The molecule has 0 saturated carbocycles. The number of rotatable bonds is 8. The fourth-order valence-electron chi connectivity index (χ4n) is 4.36. The zero-order valence-electron chi connectivity index (χ0n) is 18.6. The van der Waals surface area contributed by atoms with Crippen LogP contribution in [0.4, 0.5) is 0 Å². The van der Waals surface area contributed by atoms with E-state index in [0.717, 1.165) is 5.56 Å². The molecular formula is C24H24N2O8. The van der Waals surface area contributed by atoms with Crippen LogP contribution in [0, 0.1) is 0 Å². The molecule has 0 bridgehead atoms. The number of likely N-dealkylation sites (tertiary alicyclic amines) is 1. The molecule has 34 heavy (non-hydrogen) atoms. The summed E-state index contributed by atoms with van der Waals surface area (Å²) in [6.45, 7) is 0. The van der Waals surface area contributed by atoms with Crippen LogP contribution in [0.15, 0.2) is 42.5 Å². The number of aliphatic carboxylic acids is 1. The first kappa shape index (κ1) is 23.1. The third kappa shape index (κ3) is 4.14. The predicted octanol–water partition coefficient (Wildman–Crippen LogP) is 1.68. The number of hydrogen-bond donors (Lipinski definition) is 2. The number of nitrogens with one attached hydrogen (secondary N) is 1. The van der Waals surface area contributed by atoms with Gasteiger partial charge < -0.3 is 24.6 Å². The zero-order valence-corrected chi connectivity index (χ0v) is 18.6. The van der Waals surface area contributed by atoms with E-state index in [1.54, 1.807) is 36.4 Å². The first-order valence-corrected chi connectivity index (χ1v) is 10.7. The fourth-order valence-corrected chi connectivity index (χ4v) is 4.36. The van der Waals surface area contributed by atoms with Gasteiger partial charge in [-0.05, 0) is 24.1 Å². The van der Waals surface area contributed by atoms with Crippen molar-refractivity contribution in [1.82, 2.24) is 10.2 Å². The van der Waals surface area contributed by atoms with Crippen molar-refractivity contribution >= 4 is 23.8 Å². The highest BCUT2D eigenvalue weighted by molar-refractivity contribution is 5.99. The highest BCUT2D eigenvalue weighted by Gasteiger charge is 2.48. The number of cyclic esters (lactones) is 1. The summed E-state index contributed by atoms with van der Waals surface area (Å²) in [5.41, 5.74) is 1.24. The number of amides is 2. The molecule has 2 aliphatic heterocycles. The minimum atomic E-state index is -1.19. The third-order valence-electron chi connectivity index (χ3n) is 5.97. The number of carbonyl (C=O) groups excluding carboxylic acids is 3. The Morgan fingerprint density at radius 1 is 1.15 bits per heavy atom. The number of carboxylic acids is 1. The van der Waals surface area contributed by atoms with E-state index in [0.29, 0.717) is 11.3 Å². The summed E-state index contributed by atoms with van der Waals surface area (Å²) in [7, 11) is 2.81. The molecule has 2 aromatic rings. The Bertz CT molecular complexity index is 1130. The number of hydrogen-bond acceptors (Lipinski definition) is 7. The second kappa shape index (κ2) is 9.42. The number of carbonyl (C=O) groups is 4. The fraction of sp³-hybridized carbons (Fsp3) is 0.333. The molecule has 1 saturated heterocycles. The molecule has 2 aliphatic rings. The average molecular weight is 468 g/mol. The molecule has 1 unspecified atom stereocenters. The zero-order chi connectivity index (χ0) is 24.4. The largest absolute Gasteiger partial charge is 0.493 e. The quantitative estimate of drug-likeness (QED) is 0.560. The van der Waals surface area contributed by atoms with Crippen LogP contribution in [-0.2, 0) is 25.5 Å². The molecular weight excluding hydrogens is 444 g/mol. The lowest BCUT2D eigenvalue weighted by Crippen LogP contribution is -2.51. The van der Waals surface area contributed by atoms with Gasteiger partial charge in [0.05, 0.1) is 14.2 Å². The van der Waals surface area contributed by atoms with Crippen LogP contribution in [0.1, 0.15) is 40.6 Å². The number of methoxy groups -OCH3 is 2. The van der Waals surface area contributed by atoms with Gasteiger partial charge in [-0.1, -0.05) is 30.3 Å². The Labute approximate surface area is 195 Å². The summed E-state index contributed by atoms with van der Waals surface area (Å²) in [5.74, 6) is -2.40. The molecule has 1 fully saturated rings. The van der Waals surface area contributed by atoms with E-state index < -0.39 is 36.2 Å². The van der Waals surface area contributed by atoms with E-state index in [1.807, 2.05) is 6.07 Å². The van der Waals surface area contributed by atoms with Crippen molar-refractivity contribution in [3.8, 4) is 11.5 Å². The van der Waals surface area contributed by atoms with E-state index in [9.17, 15) is 24.3 Å². The molecule has 3 atom stereocenters. The van der Waals surface area contributed by atoms with Crippen LogP contribution in [0.25, 0.3) is 0 Å². The van der Waals surface area contributed by atoms with Crippen LogP contribution in [0.2, 0.25) is 0 Å². The Balaban J connectivity index is 1.59. The van der Waals surface area contributed by atoms with E-state index in [4.69, 9.17) is 14.2 Å². The van der Waals surface area contributed by atoms with Crippen molar-refractivity contribution in [2.75, 3.05) is 14.2 Å². The maximum absolute atomic E-state index is 13.1. The Hall–Kier alpha value is -4.08. The molecule has 2 heterocycles. The Morgan fingerprint density at radius 2 is 1.88 bits per heavy atom. The van der Waals surface area contributed by atoms with Crippen LogP contribution < -0.4 is 14.8 Å². The maximum atomic E-state index is 13.1. The number of nitrogens with zero attached hydrogens (tertiary/aromatic N) is 1. The first-order chi connectivity index (χ1) is 16.3. The van der Waals surface area contributed by atoms with Crippen LogP contribution in [0.5, 0.6) is 11.5 Å². The van der Waals surface area contributed by atoms with Gasteiger partial charge in [0, 0.05) is 18.4 Å². The number of esters is 1. The molecule has 10 heteroatoms. The lowest BCUT2D eigenvalue weighted by atomic mass is 10.0. The van der Waals surface area contributed by atoms with Gasteiger partial charge in [-0.2, -0.15) is 0 Å². The van der Waals surface area contributed by atoms with Crippen molar-refractivity contribution in [2.24, 2.45) is 0 Å².